The zero-order valence-electron chi connectivity index (χ0n) is 11.4. The van der Waals surface area contributed by atoms with Crippen molar-refractivity contribution in [3.8, 4) is 0 Å². The molecule has 2 amide bonds. The van der Waals surface area contributed by atoms with Crippen LogP contribution in [0.1, 0.15) is 32.6 Å². The van der Waals surface area contributed by atoms with E-state index in [0.29, 0.717) is 22.8 Å². The van der Waals surface area contributed by atoms with Crippen LogP contribution in [0.4, 0.5) is 0 Å². The first-order valence-electron chi connectivity index (χ1n) is 6.03. The number of hydrazine groups is 1. The predicted octanol–water partition coefficient (Wildman–Crippen LogP) is 1.67. The van der Waals surface area contributed by atoms with Crippen LogP contribution >= 0.6 is 11.3 Å². The quantitative estimate of drug-likeness (QED) is 0.843. The van der Waals surface area contributed by atoms with Gasteiger partial charge in [-0.25, -0.2) is 4.98 Å². The standard InChI is InChI=1S/C13H15N3O3S/c1-7-4-11(8(2)19-7)13(18)16-15-12(17)5-10-6-20-9(3)14-10/h4,6H,5H2,1-3H3,(H,15,17)(H,16,18). The summed E-state index contributed by atoms with van der Waals surface area (Å²) in [6.45, 7) is 5.33. The van der Waals surface area contributed by atoms with Crippen LogP contribution in [-0.4, -0.2) is 16.8 Å². The third kappa shape index (κ3) is 3.45. The molecule has 0 saturated carbocycles. The van der Waals surface area contributed by atoms with Crippen molar-refractivity contribution in [1.29, 1.82) is 0 Å². The molecule has 2 N–H and O–H groups in total. The molecule has 0 bridgehead atoms. The van der Waals surface area contributed by atoms with Crippen LogP contribution in [-0.2, 0) is 11.2 Å². The highest BCUT2D eigenvalue weighted by molar-refractivity contribution is 7.09. The fourth-order valence-electron chi connectivity index (χ4n) is 1.75. The molecular weight excluding hydrogens is 278 g/mol. The van der Waals surface area contributed by atoms with E-state index in [0.717, 1.165) is 5.01 Å². The van der Waals surface area contributed by atoms with Gasteiger partial charge in [0.15, 0.2) is 0 Å². The lowest BCUT2D eigenvalue weighted by atomic mass is 10.2. The van der Waals surface area contributed by atoms with E-state index in [9.17, 15) is 9.59 Å². The molecule has 20 heavy (non-hydrogen) atoms. The van der Waals surface area contributed by atoms with Crippen LogP contribution in [0.25, 0.3) is 0 Å². The first-order valence-corrected chi connectivity index (χ1v) is 6.91. The molecule has 0 fully saturated rings. The summed E-state index contributed by atoms with van der Waals surface area (Å²) in [4.78, 5) is 27.7. The van der Waals surface area contributed by atoms with Gasteiger partial charge in [-0.05, 0) is 26.8 Å². The minimum Gasteiger partial charge on any atom is -0.466 e. The monoisotopic (exact) mass is 293 g/mol. The molecule has 106 valence electrons. The molecular formula is C13H15N3O3S. The Balaban J connectivity index is 1.87. The molecule has 2 rings (SSSR count). The molecule has 0 aliphatic rings. The van der Waals surface area contributed by atoms with Gasteiger partial charge in [-0.1, -0.05) is 0 Å². The van der Waals surface area contributed by atoms with Gasteiger partial charge in [0.2, 0.25) is 5.91 Å². The second-order valence-electron chi connectivity index (χ2n) is 4.36. The Kier molecular flexibility index (Phi) is 4.19. The molecule has 0 aliphatic carbocycles. The number of hydrogen-bond donors (Lipinski definition) is 2. The summed E-state index contributed by atoms with van der Waals surface area (Å²) in [6, 6.07) is 1.63. The van der Waals surface area contributed by atoms with Crippen molar-refractivity contribution in [2.24, 2.45) is 0 Å². The Bertz CT molecular complexity index is 645. The van der Waals surface area contributed by atoms with E-state index >= 15 is 0 Å². The molecule has 0 spiro atoms. The van der Waals surface area contributed by atoms with Crippen molar-refractivity contribution in [2.75, 3.05) is 0 Å². The van der Waals surface area contributed by atoms with E-state index in [2.05, 4.69) is 15.8 Å². The Morgan fingerprint density at radius 2 is 2.05 bits per heavy atom. The zero-order chi connectivity index (χ0) is 14.7. The predicted molar refractivity (Wildman–Crippen MR) is 74.3 cm³/mol. The van der Waals surface area contributed by atoms with Gasteiger partial charge < -0.3 is 4.42 Å². The van der Waals surface area contributed by atoms with E-state index in [4.69, 9.17) is 4.42 Å². The summed E-state index contributed by atoms with van der Waals surface area (Å²) < 4.78 is 5.26. The average Bonchev–Trinajstić information content (AvgIpc) is 2.92. The van der Waals surface area contributed by atoms with Gasteiger partial charge in [0.1, 0.15) is 11.5 Å². The number of hydrogen-bond acceptors (Lipinski definition) is 5. The van der Waals surface area contributed by atoms with Gasteiger partial charge >= 0.3 is 0 Å². The van der Waals surface area contributed by atoms with Gasteiger partial charge in [0.25, 0.3) is 5.91 Å². The van der Waals surface area contributed by atoms with E-state index in [1.165, 1.54) is 11.3 Å². The highest BCUT2D eigenvalue weighted by Gasteiger charge is 2.14. The third-order valence-electron chi connectivity index (χ3n) is 2.61. The van der Waals surface area contributed by atoms with Crippen molar-refractivity contribution >= 4 is 23.2 Å². The minimum absolute atomic E-state index is 0.133. The number of aryl methyl sites for hydroxylation is 3. The number of amides is 2. The number of furan rings is 1. The van der Waals surface area contributed by atoms with E-state index in [1.54, 1.807) is 19.9 Å². The maximum atomic E-state index is 11.8. The molecule has 0 unspecified atom stereocenters. The number of nitrogens with one attached hydrogen (secondary N) is 2. The van der Waals surface area contributed by atoms with Gasteiger partial charge in [-0.2, -0.15) is 0 Å². The van der Waals surface area contributed by atoms with Crippen LogP contribution in [0, 0.1) is 20.8 Å². The lowest BCUT2D eigenvalue weighted by Gasteiger charge is -2.05. The van der Waals surface area contributed by atoms with Crippen molar-refractivity contribution in [3.05, 3.63) is 39.2 Å². The number of carbonyl (C=O) groups is 2. The summed E-state index contributed by atoms with van der Waals surface area (Å²) in [7, 11) is 0. The molecule has 0 atom stereocenters. The summed E-state index contributed by atoms with van der Waals surface area (Å²) in [5, 5.41) is 2.72. The summed E-state index contributed by atoms with van der Waals surface area (Å²) in [5.74, 6) is 0.449. The normalized spacial score (nSPS) is 10.3. The fourth-order valence-corrected chi connectivity index (χ4v) is 2.36. The van der Waals surface area contributed by atoms with Crippen molar-refractivity contribution < 1.29 is 14.0 Å². The van der Waals surface area contributed by atoms with Gasteiger partial charge in [0.05, 0.1) is 22.7 Å². The van der Waals surface area contributed by atoms with Gasteiger partial charge in [-0.3, -0.25) is 20.4 Å². The highest BCUT2D eigenvalue weighted by Crippen LogP contribution is 2.13. The number of nitrogens with zero attached hydrogens (tertiary/aromatic N) is 1. The Morgan fingerprint density at radius 1 is 1.30 bits per heavy atom. The first-order chi connectivity index (χ1) is 9.45. The number of aromatic nitrogens is 1. The maximum absolute atomic E-state index is 11.8. The molecule has 0 saturated heterocycles. The van der Waals surface area contributed by atoms with Gasteiger partial charge in [-0.15, -0.1) is 11.3 Å². The minimum atomic E-state index is -0.401. The Morgan fingerprint density at radius 3 is 2.60 bits per heavy atom. The molecule has 7 heteroatoms. The topological polar surface area (TPSA) is 84.2 Å². The molecule has 0 aliphatic heterocycles. The Labute approximate surface area is 120 Å². The lowest BCUT2D eigenvalue weighted by Crippen LogP contribution is -2.42. The molecule has 2 heterocycles. The molecule has 0 radical (unpaired) electrons. The second kappa shape index (κ2) is 5.87. The summed E-state index contributed by atoms with van der Waals surface area (Å²) >= 11 is 1.48. The number of rotatable bonds is 3. The molecule has 2 aromatic rings. The van der Waals surface area contributed by atoms with Crippen molar-refractivity contribution in [3.63, 3.8) is 0 Å². The molecule has 2 aromatic heterocycles. The van der Waals surface area contributed by atoms with Gasteiger partial charge in [0, 0.05) is 5.38 Å². The average molecular weight is 293 g/mol. The zero-order valence-corrected chi connectivity index (χ0v) is 12.3. The van der Waals surface area contributed by atoms with E-state index in [-0.39, 0.29) is 12.3 Å². The van der Waals surface area contributed by atoms with Crippen LogP contribution in [0.15, 0.2) is 15.9 Å². The van der Waals surface area contributed by atoms with Crippen LogP contribution < -0.4 is 10.9 Å². The molecule has 6 nitrogen and oxygen atoms in total. The van der Waals surface area contributed by atoms with Crippen LogP contribution in [0.3, 0.4) is 0 Å². The SMILES string of the molecule is Cc1cc(C(=O)NNC(=O)Cc2csc(C)n2)c(C)o1. The first kappa shape index (κ1) is 14.3. The molecule has 0 aromatic carbocycles. The second-order valence-corrected chi connectivity index (χ2v) is 5.43. The fraction of sp³-hybridized carbons (Fsp3) is 0.308. The van der Waals surface area contributed by atoms with E-state index in [1.807, 2.05) is 12.3 Å². The summed E-state index contributed by atoms with van der Waals surface area (Å²) in [6.07, 6.45) is 0.133. The smallest absolute Gasteiger partial charge is 0.273 e. The third-order valence-corrected chi connectivity index (χ3v) is 3.43. The summed E-state index contributed by atoms with van der Waals surface area (Å²) in [5.41, 5.74) is 5.82. The van der Waals surface area contributed by atoms with Crippen molar-refractivity contribution in [2.45, 2.75) is 27.2 Å². The Hall–Kier alpha value is -2.15. The van der Waals surface area contributed by atoms with E-state index < -0.39 is 5.91 Å². The highest BCUT2D eigenvalue weighted by atomic mass is 32.1. The van der Waals surface area contributed by atoms with Crippen LogP contribution in [0.2, 0.25) is 0 Å². The lowest BCUT2D eigenvalue weighted by molar-refractivity contribution is -0.121. The van der Waals surface area contributed by atoms with Crippen molar-refractivity contribution in [1.82, 2.24) is 15.8 Å². The largest absolute Gasteiger partial charge is 0.466 e. The maximum Gasteiger partial charge on any atom is 0.273 e. The number of thiazole rings is 1. The van der Waals surface area contributed by atoms with Crippen LogP contribution in [0.5, 0.6) is 0 Å². The number of carbonyl (C=O) groups excluding carboxylic acids is 2.